The third kappa shape index (κ3) is 6.82. The van der Waals surface area contributed by atoms with Crippen LogP contribution >= 0.6 is 0 Å². The normalized spacial score (nSPS) is 13.5. The van der Waals surface area contributed by atoms with Gasteiger partial charge in [-0.05, 0) is 7.05 Å². The number of rotatable bonds is 6. The van der Waals surface area contributed by atoms with Crippen LogP contribution in [-0.2, 0) is 14.3 Å². The van der Waals surface area contributed by atoms with Gasteiger partial charge in [0.15, 0.2) is 6.10 Å². The fourth-order valence-corrected chi connectivity index (χ4v) is 0.597. The van der Waals surface area contributed by atoms with Gasteiger partial charge in [-0.2, -0.15) is 0 Å². The molecule has 8 heteroatoms. The van der Waals surface area contributed by atoms with Gasteiger partial charge >= 0.3 is 35.5 Å². The summed E-state index contributed by atoms with van der Waals surface area (Å²) >= 11 is 0. The van der Waals surface area contributed by atoms with Crippen LogP contribution in [0.2, 0.25) is 0 Å². The minimum Gasteiger partial charge on any atom is -0.547 e. The quantitative estimate of drug-likeness (QED) is 0.235. The Bertz CT molecular complexity index is 212. The van der Waals surface area contributed by atoms with E-state index in [1.54, 1.807) is 7.05 Å². The summed E-state index contributed by atoms with van der Waals surface area (Å²) in [7, 11) is 1.63. The summed E-state index contributed by atoms with van der Waals surface area (Å²) in [6.45, 7) is 0.339. The van der Waals surface area contributed by atoms with Crippen LogP contribution in [-0.4, -0.2) is 54.6 Å². The van der Waals surface area contributed by atoms with Crippen molar-refractivity contribution in [1.29, 1.82) is 0 Å². The predicted octanol–water partition coefficient (Wildman–Crippen LogP) is -6.78. The standard InChI is InChI=1S/C7H13NO6.Na/c1-8-2-3-14-7(13)5(10)4(9)6(11)12;/h4-5,8-10H,2-3H2,1H3,(H,11,12);/q;+1/p-1. The second-order valence-corrected chi connectivity index (χ2v) is 2.48. The van der Waals surface area contributed by atoms with Crippen LogP contribution in [0, 0.1) is 0 Å². The minimum atomic E-state index is -2.27. The van der Waals surface area contributed by atoms with Crippen LogP contribution in [0.4, 0.5) is 0 Å². The van der Waals surface area contributed by atoms with Gasteiger partial charge in [0, 0.05) is 6.54 Å². The number of hydrogen-bond acceptors (Lipinski definition) is 7. The molecular formula is C7H12NNaO6. The Morgan fingerprint density at radius 2 is 1.93 bits per heavy atom. The van der Waals surface area contributed by atoms with E-state index in [9.17, 15) is 14.7 Å². The van der Waals surface area contributed by atoms with Crippen molar-refractivity contribution in [3.8, 4) is 0 Å². The zero-order valence-corrected chi connectivity index (χ0v) is 10.6. The molecule has 3 N–H and O–H groups in total. The molecule has 0 aliphatic carbocycles. The number of aliphatic carboxylic acids is 1. The molecule has 0 fully saturated rings. The number of hydrogen-bond donors (Lipinski definition) is 3. The molecule has 0 spiro atoms. The smallest absolute Gasteiger partial charge is 0.547 e. The fraction of sp³-hybridized carbons (Fsp3) is 0.714. The molecule has 0 rings (SSSR count). The first kappa shape index (κ1) is 17.2. The zero-order chi connectivity index (χ0) is 11.1. The van der Waals surface area contributed by atoms with E-state index in [1.165, 1.54) is 0 Å². The van der Waals surface area contributed by atoms with Crippen molar-refractivity contribution in [1.82, 2.24) is 5.32 Å². The first-order valence-corrected chi connectivity index (χ1v) is 3.89. The summed E-state index contributed by atoms with van der Waals surface area (Å²) in [5, 5.41) is 30.3. The van der Waals surface area contributed by atoms with Crippen LogP contribution in [0.3, 0.4) is 0 Å². The van der Waals surface area contributed by atoms with E-state index in [1.807, 2.05) is 0 Å². The topological polar surface area (TPSA) is 119 Å². The summed E-state index contributed by atoms with van der Waals surface area (Å²) < 4.78 is 4.41. The average Bonchev–Trinajstić information content (AvgIpc) is 2.15. The van der Waals surface area contributed by atoms with Gasteiger partial charge in [-0.25, -0.2) is 4.79 Å². The molecule has 82 valence electrons. The van der Waals surface area contributed by atoms with Gasteiger partial charge in [0.05, 0.1) is 5.97 Å². The summed E-state index contributed by atoms with van der Waals surface area (Å²) in [5.41, 5.74) is 0. The summed E-state index contributed by atoms with van der Waals surface area (Å²) in [6, 6.07) is 0. The number of carboxylic acid groups (broad SMARTS) is 1. The molecule has 0 saturated heterocycles. The maximum Gasteiger partial charge on any atom is 1.00 e. The van der Waals surface area contributed by atoms with Crippen molar-refractivity contribution in [3.63, 3.8) is 0 Å². The van der Waals surface area contributed by atoms with Crippen molar-refractivity contribution in [3.05, 3.63) is 0 Å². The fourth-order valence-electron chi connectivity index (χ4n) is 0.597. The minimum absolute atomic E-state index is 0. The number of nitrogens with one attached hydrogen (secondary N) is 1. The number of carbonyl (C=O) groups is 2. The van der Waals surface area contributed by atoms with E-state index >= 15 is 0 Å². The molecule has 0 amide bonds. The van der Waals surface area contributed by atoms with Crippen LogP contribution in [0.5, 0.6) is 0 Å². The molecule has 0 bridgehead atoms. The first-order chi connectivity index (χ1) is 6.50. The van der Waals surface area contributed by atoms with Crippen LogP contribution < -0.4 is 40.0 Å². The van der Waals surface area contributed by atoms with Crippen molar-refractivity contribution in [2.24, 2.45) is 0 Å². The van der Waals surface area contributed by atoms with Crippen molar-refractivity contribution in [2.45, 2.75) is 12.2 Å². The van der Waals surface area contributed by atoms with Gasteiger partial charge in [-0.15, -0.1) is 0 Å². The van der Waals surface area contributed by atoms with Crippen LogP contribution in [0.1, 0.15) is 0 Å². The predicted molar refractivity (Wildman–Crippen MR) is 41.9 cm³/mol. The SMILES string of the molecule is CNCCOC(=O)C(O)C(O)C(=O)[O-].[Na+]. The third-order valence-corrected chi connectivity index (χ3v) is 1.38. The second kappa shape index (κ2) is 9.08. The van der Waals surface area contributed by atoms with E-state index in [0.29, 0.717) is 6.54 Å². The van der Waals surface area contributed by atoms with Gasteiger partial charge in [-0.1, -0.05) is 0 Å². The number of likely N-dealkylation sites (N-methyl/N-ethyl adjacent to an activating group) is 1. The van der Waals surface area contributed by atoms with Gasteiger partial charge in [0.2, 0.25) is 0 Å². The molecule has 0 aliphatic rings. The zero-order valence-electron chi connectivity index (χ0n) is 8.60. The molecule has 0 saturated carbocycles. The van der Waals surface area contributed by atoms with E-state index in [-0.39, 0.29) is 36.2 Å². The van der Waals surface area contributed by atoms with Crippen molar-refractivity contribution >= 4 is 11.9 Å². The molecule has 2 unspecified atom stereocenters. The molecule has 0 heterocycles. The third-order valence-electron chi connectivity index (χ3n) is 1.38. The second-order valence-electron chi connectivity index (χ2n) is 2.48. The Morgan fingerprint density at radius 1 is 1.40 bits per heavy atom. The Kier molecular flexibility index (Phi) is 10.4. The Morgan fingerprint density at radius 3 is 2.33 bits per heavy atom. The molecule has 15 heavy (non-hydrogen) atoms. The van der Waals surface area contributed by atoms with Crippen LogP contribution in [0.15, 0.2) is 0 Å². The summed E-state index contributed by atoms with van der Waals surface area (Å²) in [4.78, 5) is 20.8. The summed E-state index contributed by atoms with van der Waals surface area (Å²) in [5.74, 6) is -3.12. The Labute approximate surface area is 109 Å². The van der Waals surface area contributed by atoms with Gasteiger partial charge in [0.1, 0.15) is 12.7 Å². The molecule has 0 aromatic heterocycles. The molecule has 0 aliphatic heterocycles. The van der Waals surface area contributed by atoms with Crippen molar-refractivity contribution in [2.75, 3.05) is 20.2 Å². The number of aliphatic hydroxyl groups excluding tert-OH is 2. The number of esters is 1. The molecular weight excluding hydrogens is 217 g/mol. The average molecular weight is 229 g/mol. The number of aliphatic hydroxyl groups is 2. The van der Waals surface area contributed by atoms with E-state index in [4.69, 9.17) is 10.2 Å². The Balaban J connectivity index is 0. The molecule has 0 radical (unpaired) electrons. The Hall–Kier alpha value is -0.180. The molecule has 7 nitrogen and oxygen atoms in total. The van der Waals surface area contributed by atoms with E-state index < -0.39 is 24.1 Å². The van der Waals surface area contributed by atoms with Gasteiger partial charge in [-0.3, -0.25) is 0 Å². The van der Waals surface area contributed by atoms with Crippen LogP contribution in [0.25, 0.3) is 0 Å². The number of carboxylic acids is 1. The monoisotopic (exact) mass is 229 g/mol. The molecule has 0 aromatic rings. The summed E-state index contributed by atoms with van der Waals surface area (Å²) in [6.07, 6.45) is -4.38. The number of carbonyl (C=O) groups excluding carboxylic acids is 2. The maximum absolute atomic E-state index is 10.8. The van der Waals surface area contributed by atoms with Gasteiger partial charge < -0.3 is 30.2 Å². The van der Waals surface area contributed by atoms with E-state index in [2.05, 4.69) is 10.1 Å². The molecule has 0 aromatic carbocycles. The number of ether oxygens (including phenoxy) is 1. The first-order valence-electron chi connectivity index (χ1n) is 3.89. The van der Waals surface area contributed by atoms with Crippen molar-refractivity contribution < 1.29 is 59.2 Å². The largest absolute Gasteiger partial charge is 1.00 e. The van der Waals surface area contributed by atoms with Gasteiger partial charge in [0.25, 0.3) is 0 Å². The maximum atomic E-state index is 10.8. The molecule has 2 atom stereocenters. The van der Waals surface area contributed by atoms with E-state index in [0.717, 1.165) is 0 Å².